The van der Waals surface area contributed by atoms with Crippen molar-refractivity contribution in [1.29, 1.82) is 0 Å². The molecule has 0 aliphatic heterocycles. The molecule has 0 saturated heterocycles. The van der Waals surface area contributed by atoms with Crippen molar-refractivity contribution >= 4 is 0 Å². The van der Waals surface area contributed by atoms with Gasteiger partial charge in [-0.3, -0.25) is 0 Å². The molecule has 0 spiro atoms. The van der Waals surface area contributed by atoms with E-state index in [0.29, 0.717) is 6.61 Å². The lowest BCUT2D eigenvalue weighted by atomic mass is 9.96. The van der Waals surface area contributed by atoms with Crippen LogP contribution in [-0.4, -0.2) is 11.7 Å². The van der Waals surface area contributed by atoms with Gasteiger partial charge in [-0.05, 0) is 12.3 Å². The monoisotopic (exact) mass is 284 g/mol. The normalized spacial score (nSPS) is 12.8. The zero-order valence-electron chi connectivity index (χ0n) is 14.3. The molecular formula is C19H40O. The van der Waals surface area contributed by atoms with E-state index in [4.69, 9.17) is 5.11 Å². The fraction of sp³-hybridized carbons (Fsp3) is 1.00. The maximum Gasteiger partial charge on any atom is 0.0431 e. The Balaban J connectivity index is 3.10. The summed E-state index contributed by atoms with van der Waals surface area (Å²) in [5.74, 6) is 0.924. The summed E-state index contributed by atoms with van der Waals surface area (Å²) >= 11 is 0. The van der Waals surface area contributed by atoms with Crippen molar-refractivity contribution in [1.82, 2.24) is 0 Å². The Morgan fingerprint density at radius 1 is 0.600 bits per heavy atom. The molecule has 0 amide bonds. The molecule has 0 aliphatic carbocycles. The Kier molecular flexibility index (Phi) is 17.0. The van der Waals surface area contributed by atoms with Crippen LogP contribution >= 0.6 is 0 Å². The van der Waals surface area contributed by atoms with Gasteiger partial charge in [0.1, 0.15) is 0 Å². The minimum Gasteiger partial charge on any atom is -0.396 e. The van der Waals surface area contributed by atoms with Gasteiger partial charge < -0.3 is 5.11 Å². The van der Waals surface area contributed by atoms with Crippen LogP contribution in [0.1, 0.15) is 110 Å². The topological polar surface area (TPSA) is 20.2 Å². The second-order valence-electron chi connectivity index (χ2n) is 6.65. The van der Waals surface area contributed by atoms with Crippen LogP contribution in [0.2, 0.25) is 0 Å². The highest BCUT2D eigenvalue weighted by Crippen LogP contribution is 2.18. The third-order valence-electron chi connectivity index (χ3n) is 4.41. The molecule has 20 heavy (non-hydrogen) atoms. The molecule has 0 aromatic carbocycles. The van der Waals surface area contributed by atoms with Crippen LogP contribution < -0.4 is 0 Å². The van der Waals surface area contributed by atoms with Crippen LogP contribution in [0.15, 0.2) is 0 Å². The van der Waals surface area contributed by atoms with E-state index in [2.05, 4.69) is 13.8 Å². The van der Waals surface area contributed by atoms with E-state index in [-0.39, 0.29) is 0 Å². The van der Waals surface area contributed by atoms with E-state index in [1.54, 1.807) is 0 Å². The Labute approximate surface area is 128 Å². The highest BCUT2D eigenvalue weighted by molar-refractivity contribution is 4.55. The Morgan fingerprint density at radius 2 is 1.00 bits per heavy atom. The zero-order valence-corrected chi connectivity index (χ0v) is 14.3. The summed E-state index contributed by atoms with van der Waals surface area (Å²) in [7, 11) is 0. The summed E-state index contributed by atoms with van der Waals surface area (Å²) in [6.45, 7) is 5.08. The Hall–Kier alpha value is -0.0400. The summed E-state index contributed by atoms with van der Waals surface area (Å²) in [6.07, 6.45) is 20.6. The molecule has 1 nitrogen and oxygen atoms in total. The smallest absolute Gasteiger partial charge is 0.0431 e. The average molecular weight is 285 g/mol. The third kappa shape index (κ3) is 16.0. The molecule has 0 radical (unpaired) electrons. The van der Waals surface area contributed by atoms with Gasteiger partial charge in [0.25, 0.3) is 0 Å². The lowest BCUT2D eigenvalue weighted by Gasteiger charge is -2.11. The van der Waals surface area contributed by atoms with Gasteiger partial charge in [-0.25, -0.2) is 0 Å². The van der Waals surface area contributed by atoms with Crippen molar-refractivity contribution in [3.63, 3.8) is 0 Å². The van der Waals surface area contributed by atoms with Crippen molar-refractivity contribution in [2.75, 3.05) is 6.61 Å². The second kappa shape index (κ2) is 17.0. The van der Waals surface area contributed by atoms with Gasteiger partial charge in [0.05, 0.1) is 0 Å². The third-order valence-corrected chi connectivity index (χ3v) is 4.41. The van der Waals surface area contributed by atoms with Crippen molar-refractivity contribution < 1.29 is 5.11 Å². The van der Waals surface area contributed by atoms with E-state index in [0.717, 1.165) is 12.3 Å². The fourth-order valence-electron chi connectivity index (χ4n) is 2.91. The molecule has 122 valence electrons. The SMILES string of the molecule is CCCCCCCCCC[C@H](C)CCCCCCCO. The summed E-state index contributed by atoms with van der Waals surface area (Å²) in [6, 6.07) is 0. The van der Waals surface area contributed by atoms with Crippen molar-refractivity contribution in [2.24, 2.45) is 5.92 Å². The molecule has 0 aromatic rings. The maximum absolute atomic E-state index is 8.71. The van der Waals surface area contributed by atoms with E-state index in [1.165, 1.54) is 89.9 Å². The van der Waals surface area contributed by atoms with Crippen LogP contribution in [0.3, 0.4) is 0 Å². The molecule has 0 unspecified atom stereocenters. The quantitative estimate of drug-likeness (QED) is 0.321. The molecule has 0 heterocycles. The van der Waals surface area contributed by atoms with E-state index in [9.17, 15) is 0 Å². The molecule has 0 aliphatic rings. The number of hydrogen-bond donors (Lipinski definition) is 1. The summed E-state index contributed by atoms with van der Waals surface area (Å²) in [5, 5.41) is 8.71. The molecule has 0 aromatic heterocycles. The van der Waals surface area contributed by atoms with Gasteiger partial charge in [0.2, 0.25) is 0 Å². The predicted molar refractivity (Wildman–Crippen MR) is 91.2 cm³/mol. The summed E-state index contributed by atoms with van der Waals surface area (Å²) < 4.78 is 0. The molecule has 1 atom stereocenters. The van der Waals surface area contributed by atoms with Gasteiger partial charge in [0, 0.05) is 6.61 Å². The number of aliphatic hydroxyl groups excluding tert-OH is 1. The largest absolute Gasteiger partial charge is 0.396 e. The van der Waals surface area contributed by atoms with Gasteiger partial charge >= 0.3 is 0 Å². The van der Waals surface area contributed by atoms with Crippen LogP contribution in [-0.2, 0) is 0 Å². The Morgan fingerprint density at radius 3 is 1.45 bits per heavy atom. The van der Waals surface area contributed by atoms with Crippen LogP contribution in [0, 0.1) is 5.92 Å². The van der Waals surface area contributed by atoms with Crippen molar-refractivity contribution in [3.8, 4) is 0 Å². The zero-order chi connectivity index (χ0) is 14.9. The highest BCUT2D eigenvalue weighted by atomic mass is 16.2. The van der Waals surface area contributed by atoms with Crippen LogP contribution in [0.4, 0.5) is 0 Å². The Bertz CT molecular complexity index is 167. The molecule has 0 rings (SSSR count). The van der Waals surface area contributed by atoms with Gasteiger partial charge in [-0.1, -0.05) is 104 Å². The van der Waals surface area contributed by atoms with Crippen LogP contribution in [0.25, 0.3) is 0 Å². The standard InChI is InChI=1S/C19H40O/c1-3-4-5-6-7-8-10-13-16-19(2)17-14-11-9-12-15-18-20/h19-20H,3-18H2,1-2H3/t19-/m0/s1. The van der Waals surface area contributed by atoms with Gasteiger partial charge in [-0.15, -0.1) is 0 Å². The lowest BCUT2D eigenvalue weighted by Crippen LogP contribution is -1.95. The van der Waals surface area contributed by atoms with E-state index in [1.807, 2.05) is 0 Å². The van der Waals surface area contributed by atoms with E-state index >= 15 is 0 Å². The lowest BCUT2D eigenvalue weighted by molar-refractivity contribution is 0.282. The summed E-state index contributed by atoms with van der Waals surface area (Å²) in [5.41, 5.74) is 0. The molecule has 1 heteroatoms. The molecule has 1 N–H and O–H groups in total. The van der Waals surface area contributed by atoms with Gasteiger partial charge in [0.15, 0.2) is 0 Å². The van der Waals surface area contributed by atoms with Crippen molar-refractivity contribution in [2.45, 2.75) is 110 Å². The maximum atomic E-state index is 8.71. The second-order valence-corrected chi connectivity index (χ2v) is 6.65. The first kappa shape index (κ1) is 20.0. The number of aliphatic hydroxyl groups is 1. The van der Waals surface area contributed by atoms with Crippen molar-refractivity contribution in [3.05, 3.63) is 0 Å². The number of hydrogen-bond acceptors (Lipinski definition) is 1. The van der Waals surface area contributed by atoms with Gasteiger partial charge in [-0.2, -0.15) is 0 Å². The van der Waals surface area contributed by atoms with E-state index < -0.39 is 0 Å². The molecule has 0 bridgehead atoms. The molecule has 0 saturated carbocycles. The highest BCUT2D eigenvalue weighted by Gasteiger charge is 2.02. The number of rotatable bonds is 16. The summed E-state index contributed by atoms with van der Waals surface area (Å²) in [4.78, 5) is 0. The first-order chi connectivity index (χ1) is 9.81. The number of unbranched alkanes of at least 4 members (excludes halogenated alkanes) is 11. The minimum atomic E-state index is 0.370. The average Bonchev–Trinajstić information content (AvgIpc) is 2.45. The molecule has 0 fully saturated rings. The fourth-order valence-corrected chi connectivity index (χ4v) is 2.91. The minimum absolute atomic E-state index is 0.370. The first-order valence-corrected chi connectivity index (χ1v) is 9.42. The first-order valence-electron chi connectivity index (χ1n) is 9.42. The molecular weight excluding hydrogens is 244 g/mol. The van der Waals surface area contributed by atoms with Crippen LogP contribution in [0.5, 0.6) is 0 Å². The predicted octanol–water partition coefficient (Wildman–Crippen LogP) is 6.49.